The number of hydroxylamine groups is 1. The van der Waals surface area contributed by atoms with Gasteiger partial charge in [0.1, 0.15) is 5.65 Å². The fourth-order valence-electron chi connectivity index (χ4n) is 2.87. The molecule has 1 amide bonds. The van der Waals surface area contributed by atoms with E-state index in [9.17, 15) is 4.79 Å². The van der Waals surface area contributed by atoms with E-state index < -0.39 is 5.91 Å². The molecule has 2 aromatic heterocycles. The second-order valence-corrected chi connectivity index (χ2v) is 7.02. The van der Waals surface area contributed by atoms with E-state index >= 15 is 0 Å². The fourth-order valence-corrected chi connectivity index (χ4v) is 2.87. The Morgan fingerprint density at radius 2 is 2.23 bits per heavy atom. The average Bonchev–Trinajstić information content (AvgIpc) is 2.92. The molecule has 0 atom stereocenters. The quantitative estimate of drug-likeness (QED) is 0.532. The van der Waals surface area contributed by atoms with Crippen LogP contribution in [0.4, 0.5) is 0 Å². The third-order valence-electron chi connectivity index (χ3n) is 4.53. The van der Waals surface area contributed by atoms with E-state index in [1.807, 2.05) is 24.4 Å². The number of amides is 1. The third-order valence-corrected chi connectivity index (χ3v) is 4.53. The van der Waals surface area contributed by atoms with Gasteiger partial charge in [0, 0.05) is 19.2 Å². The highest BCUT2D eigenvalue weighted by Gasteiger charge is 2.13. The summed E-state index contributed by atoms with van der Waals surface area (Å²) in [4.78, 5) is 18.2. The maximum atomic E-state index is 11.1. The van der Waals surface area contributed by atoms with Crippen LogP contribution in [0.3, 0.4) is 0 Å². The molecule has 26 heavy (non-hydrogen) atoms. The number of fused-ring (bicyclic) bond motifs is 1. The largest absolute Gasteiger partial charge is 0.302 e. The molecule has 0 saturated carbocycles. The molecule has 0 saturated heterocycles. The first kappa shape index (κ1) is 20.1. The number of pyridine rings is 1. The van der Waals surface area contributed by atoms with Gasteiger partial charge in [0.25, 0.3) is 0 Å². The van der Waals surface area contributed by atoms with Gasteiger partial charge >= 0.3 is 0 Å². The Hall–Kier alpha value is -2.18. The van der Waals surface area contributed by atoms with Crippen LogP contribution in [0.5, 0.6) is 0 Å². The van der Waals surface area contributed by atoms with Gasteiger partial charge in [-0.1, -0.05) is 32.9 Å². The number of nitrogens with zero attached hydrogens (tertiary/aromatic N) is 3. The van der Waals surface area contributed by atoms with Gasteiger partial charge in [0.2, 0.25) is 5.91 Å². The maximum Gasteiger partial charge on any atom is 0.247 e. The van der Waals surface area contributed by atoms with Crippen molar-refractivity contribution in [3.63, 3.8) is 0 Å². The number of rotatable bonds is 9. The first-order valence-electron chi connectivity index (χ1n) is 9.24. The Labute approximate surface area is 155 Å². The number of aryl methyl sites for hydroxylation is 1. The summed E-state index contributed by atoms with van der Waals surface area (Å²) >= 11 is 0. The van der Waals surface area contributed by atoms with Gasteiger partial charge in [-0.2, -0.15) is 0 Å². The summed E-state index contributed by atoms with van der Waals surface area (Å²) in [5.74, 6) is 0.275. The zero-order valence-corrected chi connectivity index (χ0v) is 16.2. The van der Waals surface area contributed by atoms with Crippen LogP contribution in [0.15, 0.2) is 24.4 Å². The Morgan fingerprint density at radius 3 is 2.88 bits per heavy atom. The van der Waals surface area contributed by atoms with E-state index in [2.05, 4.69) is 37.0 Å². The van der Waals surface area contributed by atoms with Crippen LogP contribution in [0.1, 0.15) is 50.6 Å². The lowest BCUT2D eigenvalue weighted by atomic mass is 10.1. The molecule has 0 radical (unpaired) electrons. The van der Waals surface area contributed by atoms with Crippen molar-refractivity contribution < 1.29 is 10.0 Å². The van der Waals surface area contributed by atoms with Crippen molar-refractivity contribution in [2.24, 2.45) is 5.92 Å². The SMILES string of the molecule is CCN(CCC(C)C)Cc1c(C)nc2cc(C=CCC(=O)NO)ccn12. The van der Waals surface area contributed by atoms with Crippen molar-refractivity contribution in [1.82, 2.24) is 19.8 Å². The van der Waals surface area contributed by atoms with Gasteiger partial charge in [0.05, 0.1) is 11.4 Å². The summed E-state index contributed by atoms with van der Waals surface area (Å²) in [7, 11) is 0. The molecular weight excluding hydrogens is 328 g/mol. The van der Waals surface area contributed by atoms with Crippen molar-refractivity contribution >= 4 is 17.6 Å². The minimum Gasteiger partial charge on any atom is -0.302 e. The summed E-state index contributed by atoms with van der Waals surface area (Å²) in [5, 5.41) is 8.52. The lowest BCUT2D eigenvalue weighted by molar-refractivity contribution is -0.128. The molecule has 0 aliphatic rings. The van der Waals surface area contributed by atoms with Crippen LogP contribution in [-0.2, 0) is 11.3 Å². The van der Waals surface area contributed by atoms with Crippen LogP contribution >= 0.6 is 0 Å². The molecule has 0 bridgehead atoms. The van der Waals surface area contributed by atoms with Crippen LogP contribution in [0, 0.1) is 12.8 Å². The van der Waals surface area contributed by atoms with Crippen LogP contribution in [-0.4, -0.2) is 38.5 Å². The van der Waals surface area contributed by atoms with E-state index in [4.69, 9.17) is 10.2 Å². The molecule has 2 rings (SSSR count). The topological polar surface area (TPSA) is 69.9 Å². The number of imidazole rings is 1. The number of nitrogens with one attached hydrogen (secondary N) is 1. The highest BCUT2D eigenvalue weighted by Crippen LogP contribution is 2.17. The zero-order valence-electron chi connectivity index (χ0n) is 16.2. The summed E-state index contributed by atoms with van der Waals surface area (Å²) in [6.45, 7) is 11.8. The second-order valence-electron chi connectivity index (χ2n) is 7.02. The highest BCUT2D eigenvalue weighted by molar-refractivity contribution is 5.77. The van der Waals surface area contributed by atoms with Gasteiger partial charge in [-0.25, -0.2) is 10.5 Å². The lowest BCUT2D eigenvalue weighted by Crippen LogP contribution is -2.26. The molecule has 6 nitrogen and oxygen atoms in total. The molecule has 142 valence electrons. The van der Waals surface area contributed by atoms with Gasteiger partial charge < -0.3 is 4.40 Å². The minimum atomic E-state index is -0.428. The molecule has 0 unspecified atom stereocenters. The van der Waals surface area contributed by atoms with E-state index in [-0.39, 0.29) is 6.42 Å². The molecule has 2 N–H and O–H groups in total. The van der Waals surface area contributed by atoms with Crippen LogP contribution < -0.4 is 5.48 Å². The molecule has 0 aliphatic carbocycles. The summed E-state index contributed by atoms with van der Waals surface area (Å²) in [6, 6.07) is 4.02. The van der Waals surface area contributed by atoms with Gasteiger partial charge in [-0.05, 0) is 50.0 Å². The molecular formula is C20H30N4O2. The molecule has 0 aromatic carbocycles. The zero-order chi connectivity index (χ0) is 19.1. The lowest BCUT2D eigenvalue weighted by Gasteiger charge is -2.21. The smallest absolute Gasteiger partial charge is 0.247 e. The monoisotopic (exact) mass is 358 g/mol. The number of carbonyl (C=O) groups excluding carboxylic acids is 1. The summed E-state index contributed by atoms with van der Waals surface area (Å²) in [5.41, 5.74) is 5.78. The normalized spacial score (nSPS) is 12.0. The number of hydrogen-bond acceptors (Lipinski definition) is 4. The second kappa shape index (κ2) is 9.50. The third kappa shape index (κ3) is 5.41. The van der Waals surface area contributed by atoms with Crippen molar-refractivity contribution in [3.05, 3.63) is 41.4 Å². The molecule has 0 fully saturated rings. The predicted octanol–water partition coefficient (Wildman–Crippen LogP) is 3.42. The number of hydrogen-bond donors (Lipinski definition) is 2. The first-order chi connectivity index (χ1) is 12.4. The Kier molecular flexibility index (Phi) is 7.36. The standard InChI is InChI=1S/C20H30N4O2/c1-5-23(11-9-15(2)3)14-18-16(4)21-19-13-17(10-12-24(18)19)7-6-8-20(25)22-26/h6-7,10,12-13,15,26H,5,8-9,11,14H2,1-4H3,(H,22,25). The molecule has 6 heteroatoms. The number of carbonyl (C=O) groups is 1. The first-order valence-corrected chi connectivity index (χ1v) is 9.24. The Morgan fingerprint density at radius 1 is 1.46 bits per heavy atom. The van der Waals surface area contributed by atoms with Gasteiger partial charge in [-0.3, -0.25) is 14.9 Å². The van der Waals surface area contributed by atoms with E-state index in [1.165, 1.54) is 12.1 Å². The van der Waals surface area contributed by atoms with Crippen LogP contribution in [0.2, 0.25) is 0 Å². The van der Waals surface area contributed by atoms with Crippen molar-refractivity contribution in [3.8, 4) is 0 Å². The van der Waals surface area contributed by atoms with Gasteiger partial charge in [0.15, 0.2) is 0 Å². The van der Waals surface area contributed by atoms with E-state index in [1.54, 1.807) is 11.6 Å². The van der Waals surface area contributed by atoms with Crippen molar-refractivity contribution in [1.29, 1.82) is 0 Å². The predicted molar refractivity (Wildman–Crippen MR) is 104 cm³/mol. The fraction of sp³-hybridized carbons (Fsp3) is 0.500. The highest BCUT2D eigenvalue weighted by atomic mass is 16.5. The molecule has 0 spiro atoms. The van der Waals surface area contributed by atoms with Crippen molar-refractivity contribution in [2.75, 3.05) is 13.1 Å². The van der Waals surface area contributed by atoms with E-state index in [0.29, 0.717) is 5.92 Å². The van der Waals surface area contributed by atoms with Crippen LogP contribution in [0.25, 0.3) is 11.7 Å². The minimum absolute atomic E-state index is 0.141. The Bertz CT molecular complexity index is 765. The summed E-state index contributed by atoms with van der Waals surface area (Å²) < 4.78 is 2.14. The average molecular weight is 358 g/mol. The van der Waals surface area contributed by atoms with E-state index in [0.717, 1.165) is 36.5 Å². The molecule has 2 aromatic rings. The van der Waals surface area contributed by atoms with Gasteiger partial charge in [-0.15, -0.1) is 0 Å². The summed E-state index contributed by atoms with van der Waals surface area (Å²) in [6.07, 6.45) is 6.95. The van der Waals surface area contributed by atoms with Crippen molar-refractivity contribution in [2.45, 2.75) is 47.1 Å². The molecule has 0 aliphatic heterocycles. The Balaban J connectivity index is 2.16. The number of aromatic nitrogens is 2. The molecule has 2 heterocycles. The maximum absolute atomic E-state index is 11.1.